The van der Waals surface area contributed by atoms with E-state index in [1.54, 1.807) is 19.2 Å². The van der Waals surface area contributed by atoms with Gasteiger partial charge in [0.2, 0.25) is 0 Å². The molecule has 6 heteroatoms. The minimum Gasteiger partial charge on any atom is -0.496 e. The molecule has 0 fully saturated rings. The van der Waals surface area contributed by atoms with Crippen molar-refractivity contribution in [1.29, 1.82) is 0 Å². The summed E-state index contributed by atoms with van der Waals surface area (Å²) in [7, 11) is 1.60. The van der Waals surface area contributed by atoms with Gasteiger partial charge in [-0.2, -0.15) is 0 Å². The fourth-order valence-electron chi connectivity index (χ4n) is 3.26. The maximum atomic E-state index is 12.6. The lowest BCUT2D eigenvalue weighted by atomic mass is 10.1. The van der Waals surface area contributed by atoms with Crippen LogP contribution >= 0.6 is 0 Å². The number of anilines is 1. The molecule has 1 aliphatic rings. The van der Waals surface area contributed by atoms with E-state index in [1.807, 2.05) is 37.3 Å². The predicted molar refractivity (Wildman–Crippen MR) is 99.5 cm³/mol. The second-order valence-electron chi connectivity index (χ2n) is 6.41. The minimum atomic E-state index is -0.174. The Hall–Kier alpha value is -3.15. The highest BCUT2D eigenvalue weighted by atomic mass is 16.5. The molecule has 1 aliphatic heterocycles. The van der Waals surface area contributed by atoms with Gasteiger partial charge in [0.05, 0.1) is 7.11 Å². The monoisotopic (exact) mass is 348 g/mol. The zero-order chi connectivity index (χ0) is 18.1. The van der Waals surface area contributed by atoms with Crippen LogP contribution in [-0.4, -0.2) is 27.8 Å². The van der Waals surface area contributed by atoms with Crippen LogP contribution in [0.5, 0.6) is 5.75 Å². The van der Waals surface area contributed by atoms with Gasteiger partial charge in [0.15, 0.2) is 5.82 Å². The zero-order valence-corrected chi connectivity index (χ0v) is 14.8. The predicted octanol–water partition coefficient (Wildman–Crippen LogP) is 3.46. The first-order valence-electron chi connectivity index (χ1n) is 8.64. The van der Waals surface area contributed by atoms with Gasteiger partial charge in [0.25, 0.3) is 5.91 Å². The highest BCUT2D eigenvalue weighted by Gasteiger charge is 2.18. The number of nitrogens with zero attached hydrogens (tertiary/aromatic N) is 3. The second kappa shape index (κ2) is 6.63. The smallest absolute Gasteiger partial charge is 0.255 e. The molecule has 0 bridgehead atoms. The fraction of sp³-hybridized carbons (Fsp3) is 0.250. The molecule has 0 saturated carbocycles. The largest absolute Gasteiger partial charge is 0.496 e. The number of carbonyl (C=O) groups is 1. The molecule has 0 saturated heterocycles. The van der Waals surface area contributed by atoms with Crippen molar-refractivity contribution in [3.05, 3.63) is 59.4 Å². The van der Waals surface area contributed by atoms with Gasteiger partial charge in [-0.15, -0.1) is 10.2 Å². The number of fused-ring (bicyclic) bond motifs is 1. The minimum absolute atomic E-state index is 0.174. The van der Waals surface area contributed by atoms with Crippen LogP contribution in [0.15, 0.2) is 42.5 Å². The molecule has 26 heavy (non-hydrogen) atoms. The number of hydrogen-bond donors (Lipinski definition) is 1. The third kappa shape index (κ3) is 2.94. The van der Waals surface area contributed by atoms with Gasteiger partial charge in [0.1, 0.15) is 11.6 Å². The highest BCUT2D eigenvalue weighted by Crippen LogP contribution is 2.26. The van der Waals surface area contributed by atoms with Crippen LogP contribution in [0.2, 0.25) is 0 Å². The van der Waals surface area contributed by atoms with Gasteiger partial charge in [-0.3, -0.25) is 4.79 Å². The third-order valence-corrected chi connectivity index (χ3v) is 4.66. The summed E-state index contributed by atoms with van der Waals surface area (Å²) >= 11 is 0. The van der Waals surface area contributed by atoms with Gasteiger partial charge in [-0.1, -0.05) is 18.2 Å². The van der Waals surface area contributed by atoms with Gasteiger partial charge in [-0.05, 0) is 43.2 Å². The molecule has 0 aliphatic carbocycles. The lowest BCUT2D eigenvalue weighted by molar-refractivity contribution is 0.102. The molecule has 6 nitrogen and oxygen atoms in total. The van der Waals surface area contributed by atoms with Crippen molar-refractivity contribution in [1.82, 2.24) is 14.8 Å². The van der Waals surface area contributed by atoms with Crippen LogP contribution in [0, 0.1) is 6.92 Å². The molecule has 3 aromatic rings. The summed E-state index contributed by atoms with van der Waals surface area (Å²) in [6, 6.07) is 13.1. The highest BCUT2D eigenvalue weighted by molar-refractivity contribution is 6.04. The van der Waals surface area contributed by atoms with E-state index in [1.165, 1.54) is 0 Å². The summed E-state index contributed by atoms with van der Waals surface area (Å²) in [5, 5.41) is 11.5. The van der Waals surface area contributed by atoms with Crippen molar-refractivity contribution < 1.29 is 9.53 Å². The topological polar surface area (TPSA) is 69.0 Å². The summed E-state index contributed by atoms with van der Waals surface area (Å²) in [6.45, 7) is 2.89. The molecule has 132 valence electrons. The van der Waals surface area contributed by atoms with Gasteiger partial charge in [0, 0.05) is 29.8 Å². The third-order valence-electron chi connectivity index (χ3n) is 4.66. The van der Waals surface area contributed by atoms with Gasteiger partial charge in [-0.25, -0.2) is 0 Å². The number of carbonyl (C=O) groups excluding carboxylic acids is 1. The van der Waals surface area contributed by atoms with E-state index in [0.717, 1.165) is 47.8 Å². The number of aryl methyl sites for hydroxylation is 2. The maximum Gasteiger partial charge on any atom is 0.255 e. The van der Waals surface area contributed by atoms with Crippen molar-refractivity contribution in [2.45, 2.75) is 26.3 Å². The number of amides is 1. The van der Waals surface area contributed by atoms with Crippen LogP contribution in [-0.2, 0) is 13.0 Å². The van der Waals surface area contributed by atoms with E-state index in [4.69, 9.17) is 4.74 Å². The Kier molecular flexibility index (Phi) is 4.16. The Labute approximate surface area is 151 Å². The Bertz CT molecular complexity index is 978. The van der Waals surface area contributed by atoms with Gasteiger partial charge >= 0.3 is 0 Å². The van der Waals surface area contributed by atoms with Crippen LogP contribution in [0.4, 0.5) is 5.69 Å². The number of ether oxygens (including phenoxy) is 1. The van der Waals surface area contributed by atoms with Crippen molar-refractivity contribution in [2.75, 3.05) is 12.4 Å². The van der Waals surface area contributed by atoms with Gasteiger partial charge < -0.3 is 14.6 Å². The summed E-state index contributed by atoms with van der Waals surface area (Å²) in [4.78, 5) is 12.6. The lowest BCUT2D eigenvalue weighted by Gasteiger charge is -2.10. The summed E-state index contributed by atoms with van der Waals surface area (Å²) in [5.74, 6) is 2.41. The van der Waals surface area contributed by atoms with Crippen molar-refractivity contribution in [3.63, 3.8) is 0 Å². The van der Waals surface area contributed by atoms with E-state index in [-0.39, 0.29) is 5.91 Å². The average molecular weight is 348 g/mol. The summed E-state index contributed by atoms with van der Waals surface area (Å²) in [6.07, 6.45) is 2.07. The van der Waals surface area contributed by atoms with E-state index < -0.39 is 0 Å². The van der Waals surface area contributed by atoms with Crippen LogP contribution in [0.1, 0.15) is 28.2 Å². The first kappa shape index (κ1) is 16.3. The first-order chi connectivity index (χ1) is 12.7. The fourth-order valence-corrected chi connectivity index (χ4v) is 3.26. The molecule has 1 aromatic heterocycles. The van der Waals surface area contributed by atoms with Crippen molar-refractivity contribution in [3.8, 4) is 17.1 Å². The molecule has 2 heterocycles. The number of aromatic nitrogens is 3. The van der Waals surface area contributed by atoms with Crippen molar-refractivity contribution in [2.24, 2.45) is 0 Å². The zero-order valence-electron chi connectivity index (χ0n) is 14.8. The molecule has 0 radical (unpaired) electrons. The number of methoxy groups -OCH3 is 1. The molecule has 0 spiro atoms. The van der Waals surface area contributed by atoms with Crippen molar-refractivity contribution >= 4 is 11.6 Å². The number of nitrogens with one attached hydrogen (secondary N) is 1. The molecule has 0 atom stereocenters. The van der Waals surface area contributed by atoms with E-state index in [9.17, 15) is 4.79 Å². The summed E-state index contributed by atoms with van der Waals surface area (Å²) in [5.41, 5.74) is 3.22. The Morgan fingerprint density at radius 3 is 2.92 bits per heavy atom. The standard InChI is InChI=1S/C20H20N4O2/c1-13-8-9-15(12-17(13)26-2)20(25)21-16-6-3-5-14(11-16)19-23-22-18-7-4-10-24(18)19/h3,5-6,8-9,11-12H,4,7,10H2,1-2H3,(H,21,25). The second-order valence-corrected chi connectivity index (χ2v) is 6.41. The normalized spacial score (nSPS) is 12.7. The van der Waals surface area contributed by atoms with E-state index in [0.29, 0.717) is 11.3 Å². The molecular weight excluding hydrogens is 328 g/mol. The van der Waals surface area contributed by atoms with Crippen LogP contribution in [0.25, 0.3) is 11.4 Å². The summed E-state index contributed by atoms with van der Waals surface area (Å²) < 4.78 is 7.44. The number of hydrogen-bond acceptors (Lipinski definition) is 4. The van der Waals surface area contributed by atoms with E-state index >= 15 is 0 Å². The number of rotatable bonds is 4. The maximum absolute atomic E-state index is 12.6. The lowest BCUT2D eigenvalue weighted by Crippen LogP contribution is -2.12. The molecule has 1 amide bonds. The Morgan fingerprint density at radius 2 is 2.08 bits per heavy atom. The quantitative estimate of drug-likeness (QED) is 0.784. The SMILES string of the molecule is COc1cc(C(=O)Nc2cccc(-c3nnc4n3CCC4)c2)ccc1C. The molecule has 4 rings (SSSR count). The average Bonchev–Trinajstić information content (AvgIpc) is 3.25. The molecule has 1 N–H and O–H groups in total. The first-order valence-corrected chi connectivity index (χ1v) is 8.64. The Morgan fingerprint density at radius 1 is 1.19 bits per heavy atom. The molecule has 2 aromatic carbocycles. The van der Waals surface area contributed by atoms with E-state index in [2.05, 4.69) is 20.1 Å². The molecular formula is C20H20N4O2. The van der Waals surface area contributed by atoms with Crippen LogP contribution < -0.4 is 10.1 Å². The van der Waals surface area contributed by atoms with Crippen LogP contribution in [0.3, 0.4) is 0 Å². The number of benzene rings is 2. The Balaban J connectivity index is 1.58. The molecule has 0 unspecified atom stereocenters.